The molecule has 0 aliphatic carbocycles. The number of nitrogens with one attached hydrogen (secondary N) is 1. The van der Waals surface area contributed by atoms with Gasteiger partial charge in [0.2, 0.25) is 5.95 Å². The zero-order valence-electron chi connectivity index (χ0n) is 18.6. The summed E-state index contributed by atoms with van der Waals surface area (Å²) in [6.45, 7) is 0.279. The van der Waals surface area contributed by atoms with Gasteiger partial charge in [0, 0.05) is 35.1 Å². The van der Waals surface area contributed by atoms with Crippen LogP contribution in [-0.4, -0.2) is 33.3 Å². The maximum Gasteiger partial charge on any atom is 0.233 e. The highest BCUT2D eigenvalue weighted by molar-refractivity contribution is 7.99. The summed E-state index contributed by atoms with van der Waals surface area (Å²) >= 11 is 13.6. The minimum atomic E-state index is 0.279. The molecule has 0 radical (unpaired) electrons. The molecule has 0 unspecified atom stereocenters. The average molecular weight is 520 g/mol. The van der Waals surface area contributed by atoms with E-state index >= 15 is 0 Å². The molecule has 0 aliphatic heterocycles. The first kappa shape index (κ1) is 23.3. The van der Waals surface area contributed by atoms with Crippen LogP contribution < -0.4 is 9.46 Å². The van der Waals surface area contributed by atoms with Crippen LogP contribution >= 0.6 is 35.1 Å². The number of rotatable bonds is 7. The number of fused-ring (bicyclic) bond motifs is 2. The summed E-state index contributed by atoms with van der Waals surface area (Å²) in [7, 11) is 0. The standard InChI is InChI=1S/C26H19Cl2N5OS/c1-35-32-26-30-15-20-11-16(2-4-23(20)31-26)17-3-5-24-18(10-17)6-8-33(24)21-12-19(14-29)25(22(28)13-21)34-9-7-27/h2-6,8,10-13,15H,7,9H2,1H3,(H,30,31,32). The topological polar surface area (TPSA) is 75.8 Å². The van der Waals surface area contributed by atoms with Gasteiger partial charge in [-0.25, -0.2) is 9.97 Å². The Labute approximate surface area is 216 Å². The number of ether oxygens (including phenoxy) is 1. The third kappa shape index (κ3) is 4.61. The summed E-state index contributed by atoms with van der Waals surface area (Å²) in [6.07, 6.45) is 5.73. The Balaban J connectivity index is 1.51. The van der Waals surface area contributed by atoms with Crippen molar-refractivity contribution in [2.45, 2.75) is 0 Å². The van der Waals surface area contributed by atoms with Crippen LogP contribution in [0, 0.1) is 11.3 Å². The summed E-state index contributed by atoms with van der Waals surface area (Å²) in [5.74, 6) is 1.27. The largest absolute Gasteiger partial charge is 0.489 e. The number of anilines is 1. The normalized spacial score (nSPS) is 11.0. The molecular formula is C26H19Cl2N5OS. The van der Waals surface area contributed by atoms with Gasteiger partial charge in [-0.2, -0.15) is 5.26 Å². The molecule has 0 amide bonds. The smallest absolute Gasteiger partial charge is 0.233 e. The van der Waals surface area contributed by atoms with E-state index in [0.29, 0.717) is 28.2 Å². The Bertz CT molecular complexity index is 1590. The number of hydrogen-bond donors (Lipinski definition) is 1. The first-order valence-corrected chi connectivity index (χ1v) is 12.8. The highest BCUT2D eigenvalue weighted by atomic mass is 35.5. The molecule has 0 aliphatic rings. The number of aromatic nitrogens is 3. The second-order valence-electron chi connectivity index (χ2n) is 7.69. The van der Waals surface area contributed by atoms with Crippen molar-refractivity contribution >= 4 is 62.9 Å². The van der Waals surface area contributed by atoms with Crippen LogP contribution in [-0.2, 0) is 0 Å². The molecule has 2 aromatic heterocycles. The number of nitrogens with zero attached hydrogens (tertiary/aromatic N) is 4. The van der Waals surface area contributed by atoms with Gasteiger partial charge >= 0.3 is 0 Å². The minimum absolute atomic E-state index is 0.279. The van der Waals surface area contributed by atoms with Gasteiger partial charge in [-0.05, 0) is 53.6 Å². The molecule has 0 atom stereocenters. The van der Waals surface area contributed by atoms with Gasteiger partial charge in [-0.1, -0.05) is 35.7 Å². The molecule has 35 heavy (non-hydrogen) atoms. The van der Waals surface area contributed by atoms with E-state index in [1.807, 2.05) is 35.3 Å². The molecule has 5 rings (SSSR count). The van der Waals surface area contributed by atoms with Gasteiger partial charge < -0.3 is 9.30 Å². The molecule has 0 spiro atoms. The van der Waals surface area contributed by atoms with Gasteiger partial charge in [-0.3, -0.25) is 4.72 Å². The van der Waals surface area contributed by atoms with E-state index in [4.69, 9.17) is 27.9 Å². The molecule has 1 N–H and O–H groups in total. The van der Waals surface area contributed by atoms with Crippen LogP contribution in [0.1, 0.15) is 5.56 Å². The average Bonchev–Trinajstić information content (AvgIpc) is 3.31. The third-order valence-corrected chi connectivity index (χ3v) is 6.37. The van der Waals surface area contributed by atoms with Crippen LogP contribution in [0.5, 0.6) is 5.75 Å². The van der Waals surface area contributed by atoms with Crippen LogP contribution in [0.4, 0.5) is 5.95 Å². The molecule has 2 heterocycles. The SMILES string of the molecule is CSNc1ncc2cc(-c3ccc4c(ccn4-c4cc(Cl)c(OCCCl)c(C#N)c4)c3)ccc2n1. The van der Waals surface area contributed by atoms with E-state index in [1.165, 1.54) is 11.9 Å². The monoisotopic (exact) mass is 519 g/mol. The van der Waals surface area contributed by atoms with Crippen molar-refractivity contribution in [2.24, 2.45) is 0 Å². The molecule has 0 saturated heterocycles. The van der Waals surface area contributed by atoms with Crippen molar-refractivity contribution in [2.75, 3.05) is 23.5 Å². The zero-order chi connectivity index (χ0) is 24.4. The van der Waals surface area contributed by atoms with Crippen LogP contribution in [0.15, 0.2) is 67.0 Å². The summed E-state index contributed by atoms with van der Waals surface area (Å²) < 4.78 is 10.6. The first-order chi connectivity index (χ1) is 17.1. The molecule has 0 bridgehead atoms. The molecule has 0 fully saturated rings. The quantitative estimate of drug-likeness (QED) is 0.183. The molecule has 0 saturated carbocycles. The van der Waals surface area contributed by atoms with Crippen molar-refractivity contribution in [1.82, 2.24) is 14.5 Å². The summed E-state index contributed by atoms with van der Waals surface area (Å²) in [5.41, 5.74) is 5.20. The number of nitriles is 1. The van der Waals surface area contributed by atoms with E-state index in [1.54, 1.807) is 12.1 Å². The van der Waals surface area contributed by atoms with Crippen LogP contribution in [0.3, 0.4) is 0 Å². The molecule has 6 nitrogen and oxygen atoms in total. The molecule has 3 aromatic carbocycles. The summed E-state index contributed by atoms with van der Waals surface area (Å²) in [5, 5.41) is 12.0. The van der Waals surface area contributed by atoms with Gasteiger partial charge in [0.15, 0.2) is 5.75 Å². The highest BCUT2D eigenvalue weighted by Crippen LogP contribution is 2.34. The maximum absolute atomic E-state index is 9.61. The lowest BCUT2D eigenvalue weighted by atomic mass is 10.0. The lowest BCUT2D eigenvalue weighted by Gasteiger charge is -2.12. The Morgan fingerprint density at radius 1 is 1.09 bits per heavy atom. The lowest BCUT2D eigenvalue weighted by Crippen LogP contribution is -2.02. The van der Waals surface area contributed by atoms with Gasteiger partial charge in [0.1, 0.15) is 12.7 Å². The second-order valence-corrected chi connectivity index (χ2v) is 9.08. The van der Waals surface area contributed by atoms with E-state index in [9.17, 15) is 5.26 Å². The maximum atomic E-state index is 9.61. The number of hydrogen-bond acceptors (Lipinski definition) is 6. The Morgan fingerprint density at radius 3 is 2.66 bits per heavy atom. The Hall–Kier alpha value is -3.44. The highest BCUT2D eigenvalue weighted by Gasteiger charge is 2.14. The van der Waals surface area contributed by atoms with Gasteiger partial charge in [0.05, 0.1) is 27.5 Å². The summed E-state index contributed by atoms with van der Waals surface area (Å²) in [4.78, 5) is 8.90. The first-order valence-electron chi connectivity index (χ1n) is 10.7. The van der Waals surface area contributed by atoms with E-state index in [0.717, 1.165) is 38.6 Å². The predicted molar refractivity (Wildman–Crippen MR) is 145 cm³/mol. The zero-order valence-corrected chi connectivity index (χ0v) is 21.0. The van der Waals surface area contributed by atoms with Gasteiger partial charge in [-0.15, -0.1) is 11.6 Å². The molecule has 174 valence electrons. The van der Waals surface area contributed by atoms with Crippen molar-refractivity contribution in [3.8, 4) is 28.6 Å². The summed E-state index contributed by atoms with van der Waals surface area (Å²) in [6, 6.07) is 20.2. The van der Waals surface area contributed by atoms with E-state index in [-0.39, 0.29) is 6.61 Å². The molecule has 5 aromatic rings. The number of alkyl halides is 1. The van der Waals surface area contributed by atoms with Crippen LogP contribution in [0.25, 0.3) is 38.6 Å². The number of benzene rings is 3. The van der Waals surface area contributed by atoms with Crippen molar-refractivity contribution in [3.05, 3.63) is 77.6 Å². The van der Waals surface area contributed by atoms with Crippen molar-refractivity contribution < 1.29 is 4.74 Å². The second kappa shape index (κ2) is 10.0. The van der Waals surface area contributed by atoms with Crippen LogP contribution in [0.2, 0.25) is 5.02 Å². The van der Waals surface area contributed by atoms with E-state index in [2.05, 4.69) is 51.1 Å². The van der Waals surface area contributed by atoms with Gasteiger partial charge in [0.25, 0.3) is 0 Å². The fourth-order valence-electron chi connectivity index (χ4n) is 3.99. The van der Waals surface area contributed by atoms with Crippen molar-refractivity contribution in [1.29, 1.82) is 5.26 Å². The van der Waals surface area contributed by atoms with E-state index < -0.39 is 0 Å². The Morgan fingerprint density at radius 2 is 1.89 bits per heavy atom. The molecular weight excluding hydrogens is 501 g/mol. The Kier molecular flexibility index (Phi) is 6.69. The van der Waals surface area contributed by atoms with Crippen molar-refractivity contribution in [3.63, 3.8) is 0 Å². The third-order valence-electron chi connectivity index (χ3n) is 5.55. The fourth-order valence-corrected chi connectivity index (χ4v) is 4.62. The molecule has 9 heteroatoms. The predicted octanol–water partition coefficient (Wildman–Crippen LogP) is 7.07. The lowest BCUT2D eigenvalue weighted by molar-refractivity contribution is 0.342. The number of halogens is 2. The fraction of sp³-hybridized carbons (Fsp3) is 0.115. The minimum Gasteiger partial charge on any atom is -0.489 e.